The number of non-ortho nitro benzene ring substituents is 1. The second-order valence-electron chi connectivity index (χ2n) is 8.32. The number of fused-ring (bicyclic) bond motifs is 2. The van der Waals surface area contributed by atoms with Crippen molar-refractivity contribution in [2.75, 3.05) is 31.5 Å². The van der Waals surface area contributed by atoms with Crippen molar-refractivity contribution in [1.29, 1.82) is 0 Å². The van der Waals surface area contributed by atoms with E-state index in [2.05, 4.69) is 15.5 Å². The molecule has 5 rings (SSSR count). The molecule has 1 amide bonds. The molecule has 0 aromatic heterocycles. The van der Waals surface area contributed by atoms with Crippen molar-refractivity contribution in [2.45, 2.75) is 6.54 Å². The highest BCUT2D eigenvalue weighted by Crippen LogP contribution is 2.41. The molecule has 3 aromatic carbocycles. The molecule has 0 bridgehead atoms. The zero-order valence-electron chi connectivity index (χ0n) is 18.6. The van der Waals surface area contributed by atoms with E-state index in [1.165, 1.54) is 12.1 Å². The number of carbonyl (C=O) groups excluding carboxylic acids is 1. The summed E-state index contributed by atoms with van der Waals surface area (Å²) in [6.07, 6.45) is 0. The second-order valence-corrected chi connectivity index (χ2v) is 8.32. The molecule has 0 saturated heterocycles. The Bertz CT molecular complexity index is 1330. The monoisotopic (exact) mass is 458 g/mol. The molecule has 0 spiro atoms. The third-order valence-corrected chi connectivity index (χ3v) is 5.59. The molecule has 0 atom stereocenters. The Morgan fingerprint density at radius 2 is 1.82 bits per heavy atom. The number of benzene rings is 3. The van der Waals surface area contributed by atoms with Crippen LogP contribution in [0.5, 0.6) is 11.5 Å². The van der Waals surface area contributed by atoms with Gasteiger partial charge >= 0.3 is 0 Å². The molecule has 0 fully saturated rings. The van der Waals surface area contributed by atoms with Gasteiger partial charge < -0.3 is 25.0 Å². The predicted octanol–water partition coefficient (Wildman–Crippen LogP) is 4.32. The SMILES string of the molecule is CN(C)Cc1ccc(NC(=C2C(=O)Nc3cc([N+](=O)[O-])ccc32)c2ccc3c(c2)OCO3)cc1. The molecule has 2 aliphatic heterocycles. The lowest BCUT2D eigenvalue weighted by Crippen LogP contribution is -2.11. The molecular formula is C25H22N4O5. The summed E-state index contributed by atoms with van der Waals surface area (Å²) < 4.78 is 11.0. The number of carbonyl (C=O) groups is 1. The van der Waals surface area contributed by atoms with E-state index in [4.69, 9.17) is 9.47 Å². The maximum atomic E-state index is 13.1. The molecule has 0 saturated carbocycles. The first-order valence-electron chi connectivity index (χ1n) is 10.6. The van der Waals surface area contributed by atoms with Gasteiger partial charge in [-0.3, -0.25) is 14.9 Å². The van der Waals surface area contributed by atoms with E-state index in [9.17, 15) is 14.9 Å². The third kappa shape index (κ3) is 4.04. The van der Waals surface area contributed by atoms with Crippen LogP contribution in [-0.4, -0.2) is 36.6 Å². The molecular weight excluding hydrogens is 436 g/mol. The Hall–Kier alpha value is -4.37. The normalized spacial score (nSPS) is 15.2. The molecule has 2 N–H and O–H groups in total. The molecule has 172 valence electrons. The van der Waals surface area contributed by atoms with Gasteiger partial charge in [-0.25, -0.2) is 0 Å². The number of nitrogens with zero attached hydrogens (tertiary/aromatic N) is 2. The van der Waals surface area contributed by atoms with Gasteiger partial charge in [0.15, 0.2) is 11.5 Å². The van der Waals surface area contributed by atoms with Crippen LogP contribution in [0.3, 0.4) is 0 Å². The van der Waals surface area contributed by atoms with Gasteiger partial charge in [0.05, 0.1) is 21.9 Å². The quantitative estimate of drug-likeness (QED) is 0.322. The largest absolute Gasteiger partial charge is 0.454 e. The summed E-state index contributed by atoms with van der Waals surface area (Å²) in [5, 5.41) is 17.4. The van der Waals surface area contributed by atoms with Gasteiger partial charge in [-0.2, -0.15) is 0 Å². The van der Waals surface area contributed by atoms with Crippen LogP contribution in [0.4, 0.5) is 17.1 Å². The minimum Gasteiger partial charge on any atom is -0.454 e. The lowest BCUT2D eigenvalue weighted by molar-refractivity contribution is -0.384. The topological polar surface area (TPSA) is 106 Å². The van der Waals surface area contributed by atoms with Crippen molar-refractivity contribution in [3.8, 4) is 11.5 Å². The smallest absolute Gasteiger partial charge is 0.271 e. The van der Waals surface area contributed by atoms with Crippen LogP contribution in [0.15, 0.2) is 60.7 Å². The van der Waals surface area contributed by atoms with Gasteiger partial charge in [-0.05, 0) is 56.1 Å². The van der Waals surface area contributed by atoms with Crippen LogP contribution in [0.25, 0.3) is 11.3 Å². The Labute approximate surface area is 195 Å². The van der Waals surface area contributed by atoms with Crippen molar-refractivity contribution in [3.05, 3.63) is 87.5 Å². The van der Waals surface area contributed by atoms with E-state index in [1.54, 1.807) is 12.1 Å². The van der Waals surface area contributed by atoms with Gasteiger partial charge in [0.2, 0.25) is 6.79 Å². The number of nitro groups is 1. The summed E-state index contributed by atoms with van der Waals surface area (Å²) in [6, 6.07) is 17.8. The van der Waals surface area contributed by atoms with E-state index in [0.29, 0.717) is 34.0 Å². The van der Waals surface area contributed by atoms with Gasteiger partial charge in [-0.1, -0.05) is 12.1 Å². The fraction of sp³-hybridized carbons (Fsp3) is 0.160. The Kier molecular flexibility index (Phi) is 5.39. The predicted molar refractivity (Wildman–Crippen MR) is 129 cm³/mol. The van der Waals surface area contributed by atoms with Crippen molar-refractivity contribution < 1.29 is 19.2 Å². The van der Waals surface area contributed by atoms with Crippen LogP contribution in [0.1, 0.15) is 16.7 Å². The van der Waals surface area contributed by atoms with Gasteiger partial charge in [0, 0.05) is 35.5 Å². The van der Waals surface area contributed by atoms with E-state index < -0.39 is 4.92 Å². The van der Waals surface area contributed by atoms with Crippen LogP contribution in [0.2, 0.25) is 0 Å². The average molecular weight is 458 g/mol. The number of hydrogen-bond donors (Lipinski definition) is 2. The number of rotatable bonds is 6. The first-order chi connectivity index (χ1) is 16.4. The fourth-order valence-electron chi connectivity index (χ4n) is 4.06. The van der Waals surface area contributed by atoms with Gasteiger partial charge in [-0.15, -0.1) is 0 Å². The lowest BCUT2D eigenvalue weighted by atomic mass is 9.99. The summed E-state index contributed by atoms with van der Waals surface area (Å²) >= 11 is 0. The minimum atomic E-state index is -0.486. The highest BCUT2D eigenvalue weighted by atomic mass is 16.7. The summed E-state index contributed by atoms with van der Waals surface area (Å²) in [7, 11) is 4.02. The van der Waals surface area contributed by atoms with Crippen molar-refractivity contribution in [2.24, 2.45) is 0 Å². The van der Waals surface area contributed by atoms with Crippen LogP contribution < -0.4 is 20.1 Å². The molecule has 2 aliphatic rings. The molecule has 34 heavy (non-hydrogen) atoms. The zero-order chi connectivity index (χ0) is 23.8. The number of nitro benzene ring substituents is 1. The summed E-state index contributed by atoms with van der Waals surface area (Å²) in [4.78, 5) is 25.9. The molecule has 0 unspecified atom stereocenters. The summed E-state index contributed by atoms with van der Waals surface area (Å²) in [5.41, 5.74) is 4.52. The Morgan fingerprint density at radius 1 is 1.06 bits per heavy atom. The van der Waals surface area contributed by atoms with E-state index in [1.807, 2.05) is 50.5 Å². The maximum Gasteiger partial charge on any atom is 0.271 e. The molecule has 2 heterocycles. The highest BCUT2D eigenvalue weighted by molar-refractivity contribution is 6.37. The van der Waals surface area contributed by atoms with E-state index in [-0.39, 0.29) is 18.4 Å². The van der Waals surface area contributed by atoms with Crippen molar-refractivity contribution in [3.63, 3.8) is 0 Å². The Morgan fingerprint density at radius 3 is 2.56 bits per heavy atom. The van der Waals surface area contributed by atoms with Crippen molar-refractivity contribution in [1.82, 2.24) is 4.90 Å². The number of hydrogen-bond acceptors (Lipinski definition) is 7. The average Bonchev–Trinajstić information content (AvgIpc) is 3.40. The highest BCUT2D eigenvalue weighted by Gasteiger charge is 2.30. The maximum absolute atomic E-state index is 13.1. The molecule has 0 radical (unpaired) electrons. The Balaban J connectivity index is 1.61. The third-order valence-electron chi connectivity index (χ3n) is 5.59. The fourth-order valence-corrected chi connectivity index (χ4v) is 4.06. The van der Waals surface area contributed by atoms with Gasteiger partial charge in [0.25, 0.3) is 11.6 Å². The van der Waals surface area contributed by atoms with Crippen LogP contribution >= 0.6 is 0 Å². The van der Waals surface area contributed by atoms with E-state index in [0.717, 1.165) is 23.4 Å². The molecule has 9 nitrogen and oxygen atoms in total. The first-order valence-corrected chi connectivity index (χ1v) is 10.6. The number of ether oxygens (including phenoxy) is 2. The number of anilines is 2. The molecule has 3 aromatic rings. The number of amides is 1. The minimum absolute atomic E-state index is 0.0885. The number of nitrogens with one attached hydrogen (secondary N) is 2. The summed E-state index contributed by atoms with van der Waals surface area (Å²) in [6.45, 7) is 0.948. The standard InChI is InChI=1S/C25H22N4O5/c1-28(2)13-15-3-6-17(7-4-15)26-24(16-5-10-21-22(11-16)34-14-33-21)23-19-9-8-18(29(31)32)12-20(19)27-25(23)30/h3-12,26H,13-14H2,1-2H3,(H,27,30). The lowest BCUT2D eigenvalue weighted by Gasteiger charge is -2.16. The zero-order valence-corrected chi connectivity index (χ0v) is 18.6. The van der Waals surface area contributed by atoms with Crippen LogP contribution in [0, 0.1) is 10.1 Å². The van der Waals surface area contributed by atoms with Gasteiger partial charge in [0.1, 0.15) is 0 Å². The molecule has 9 heteroatoms. The van der Waals surface area contributed by atoms with Crippen LogP contribution in [-0.2, 0) is 11.3 Å². The second kappa shape index (κ2) is 8.53. The van der Waals surface area contributed by atoms with Crippen molar-refractivity contribution >= 4 is 34.2 Å². The molecule has 0 aliphatic carbocycles. The van der Waals surface area contributed by atoms with E-state index >= 15 is 0 Å². The summed E-state index contributed by atoms with van der Waals surface area (Å²) in [5.74, 6) is 0.869. The first kappa shape index (κ1) is 21.5.